The Balaban J connectivity index is 1.67. The fourth-order valence-corrected chi connectivity index (χ4v) is 3.69. The van der Waals surface area contributed by atoms with Gasteiger partial charge in [-0.3, -0.25) is 29.4 Å². The van der Waals surface area contributed by atoms with Gasteiger partial charge >= 0.3 is 0 Å². The Morgan fingerprint density at radius 2 is 1.85 bits per heavy atom. The normalized spacial score (nSPS) is 16.3. The van der Waals surface area contributed by atoms with Gasteiger partial charge in [0.05, 0.1) is 10.5 Å². The van der Waals surface area contributed by atoms with E-state index in [-0.39, 0.29) is 11.1 Å². The number of carbonyl (C=O) groups excluding carboxylic acids is 3. The average Bonchev–Trinajstić information content (AvgIpc) is 3.20. The van der Waals surface area contributed by atoms with Gasteiger partial charge in [0.25, 0.3) is 17.5 Å². The Bertz CT molecular complexity index is 1020. The largest absolute Gasteiger partial charge is 0.310 e. The number of carbonyl (C=O) groups is 3. The maximum absolute atomic E-state index is 13.0. The summed E-state index contributed by atoms with van der Waals surface area (Å²) < 4.78 is 0. The summed E-state index contributed by atoms with van der Waals surface area (Å²) in [5.74, 6) is -1.89. The summed E-state index contributed by atoms with van der Waals surface area (Å²) in [6.07, 6.45) is 0.697. The summed E-state index contributed by atoms with van der Waals surface area (Å²) in [5, 5.41) is 11.2. The lowest BCUT2D eigenvalue weighted by molar-refractivity contribution is -0.385. The lowest BCUT2D eigenvalue weighted by atomic mass is 10.1. The SMILES string of the molecule is C[C@H](C(=O)N1CCc2ccccc21)N1C(=O)c2cccc([N+](=O)[O-])c2C1=O. The van der Waals surface area contributed by atoms with Gasteiger partial charge in [0.15, 0.2) is 0 Å². The van der Waals surface area contributed by atoms with Crippen LogP contribution in [0, 0.1) is 10.1 Å². The van der Waals surface area contributed by atoms with E-state index in [9.17, 15) is 24.5 Å². The number of hydrogen-bond acceptors (Lipinski definition) is 5. The Kier molecular flexibility index (Phi) is 3.76. The van der Waals surface area contributed by atoms with Crippen LogP contribution in [-0.2, 0) is 11.2 Å². The molecule has 0 radical (unpaired) electrons. The number of imide groups is 1. The third-order valence-electron chi connectivity index (χ3n) is 5.02. The van der Waals surface area contributed by atoms with Crippen molar-refractivity contribution in [1.82, 2.24) is 4.90 Å². The van der Waals surface area contributed by atoms with Gasteiger partial charge in [0.1, 0.15) is 11.6 Å². The molecule has 27 heavy (non-hydrogen) atoms. The number of para-hydroxylation sites is 1. The zero-order valence-electron chi connectivity index (χ0n) is 14.4. The highest BCUT2D eigenvalue weighted by Crippen LogP contribution is 2.33. The second-order valence-corrected chi connectivity index (χ2v) is 6.48. The molecule has 0 N–H and O–H groups in total. The molecule has 3 amide bonds. The van der Waals surface area contributed by atoms with E-state index in [1.165, 1.54) is 25.1 Å². The fraction of sp³-hybridized carbons (Fsp3) is 0.211. The molecule has 0 saturated heterocycles. The topological polar surface area (TPSA) is 101 Å². The Morgan fingerprint density at radius 1 is 1.11 bits per heavy atom. The Labute approximate surface area is 154 Å². The summed E-state index contributed by atoms with van der Waals surface area (Å²) in [4.78, 5) is 51.4. The molecule has 2 aliphatic rings. The van der Waals surface area contributed by atoms with Crippen LogP contribution < -0.4 is 4.90 Å². The van der Waals surface area contributed by atoms with Gasteiger partial charge < -0.3 is 4.90 Å². The quantitative estimate of drug-likeness (QED) is 0.471. The van der Waals surface area contributed by atoms with E-state index in [2.05, 4.69) is 0 Å². The first-order chi connectivity index (χ1) is 12.9. The second kappa shape index (κ2) is 6.01. The third kappa shape index (κ3) is 2.41. The van der Waals surface area contributed by atoms with Crippen molar-refractivity contribution in [3.05, 3.63) is 69.3 Å². The number of benzene rings is 2. The molecule has 2 aliphatic heterocycles. The molecular weight excluding hydrogens is 350 g/mol. The minimum absolute atomic E-state index is 0.0457. The summed E-state index contributed by atoms with van der Waals surface area (Å²) >= 11 is 0. The zero-order chi connectivity index (χ0) is 19.3. The van der Waals surface area contributed by atoms with Crippen molar-refractivity contribution in [2.45, 2.75) is 19.4 Å². The molecule has 2 aromatic rings. The predicted octanol–water partition coefficient (Wildman–Crippen LogP) is 2.17. The first kappa shape index (κ1) is 16.9. The van der Waals surface area contributed by atoms with Crippen LogP contribution in [0.5, 0.6) is 0 Å². The number of nitrogens with zero attached hydrogens (tertiary/aromatic N) is 3. The molecule has 0 unspecified atom stereocenters. The van der Waals surface area contributed by atoms with Crippen molar-refractivity contribution in [2.24, 2.45) is 0 Å². The summed E-state index contributed by atoms with van der Waals surface area (Å²) in [7, 11) is 0. The lowest BCUT2D eigenvalue weighted by Gasteiger charge is -2.26. The van der Waals surface area contributed by atoms with E-state index >= 15 is 0 Å². The molecule has 0 fully saturated rings. The van der Waals surface area contributed by atoms with Crippen molar-refractivity contribution in [3.8, 4) is 0 Å². The first-order valence-corrected chi connectivity index (χ1v) is 8.46. The van der Waals surface area contributed by atoms with Crippen molar-refractivity contribution >= 4 is 29.1 Å². The molecule has 8 nitrogen and oxygen atoms in total. The monoisotopic (exact) mass is 365 g/mol. The summed E-state index contributed by atoms with van der Waals surface area (Å²) in [6.45, 7) is 1.93. The molecule has 2 heterocycles. The van der Waals surface area contributed by atoms with Crippen molar-refractivity contribution in [1.29, 1.82) is 0 Å². The van der Waals surface area contributed by atoms with Crippen LogP contribution in [0.2, 0.25) is 0 Å². The summed E-state index contributed by atoms with van der Waals surface area (Å²) in [6, 6.07) is 10.3. The first-order valence-electron chi connectivity index (χ1n) is 8.46. The molecule has 1 atom stereocenters. The molecule has 2 aromatic carbocycles. The molecular formula is C19H15N3O5. The van der Waals surface area contributed by atoms with Crippen molar-refractivity contribution < 1.29 is 19.3 Å². The van der Waals surface area contributed by atoms with Gasteiger partial charge in [0.2, 0.25) is 5.91 Å². The molecule has 0 spiro atoms. The van der Waals surface area contributed by atoms with Gasteiger partial charge in [-0.2, -0.15) is 0 Å². The minimum atomic E-state index is -1.07. The highest BCUT2D eigenvalue weighted by Gasteiger charge is 2.46. The van der Waals surface area contributed by atoms with Crippen molar-refractivity contribution in [3.63, 3.8) is 0 Å². The van der Waals surface area contributed by atoms with Crippen LogP contribution in [0.4, 0.5) is 11.4 Å². The van der Waals surface area contributed by atoms with E-state index < -0.39 is 34.4 Å². The Hall–Kier alpha value is -3.55. The second-order valence-electron chi connectivity index (χ2n) is 6.48. The van der Waals surface area contributed by atoms with Crippen LogP contribution in [0.1, 0.15) is 33.2 Å². The molecule has 0 saturated carbocycles. The van der Waals surface area contributed by atoms with Crippen LogP contribution in [0.3, 0.4) is 0 Å². The van der Waals surface area contributed by atoms with Crippen LogP contribution in [-0.4, -0.2) is 40.1 Å². The van der Waals surface area contributed by atoms with E-state index in [4.69, 9.17) is 0 Å². The highest BCUT2D eigenvalue weighted by atomic mass is 16.6. The number of hydrogen-bond donors (Lipinski definition) is 0. The van der Waals surface area contributed by atoms with Crippen LogP contribution >= 0.6 is 0 Å². The number of fused-ring (bicyclic) bond motifs is 2. The zero-order valence-corrected chi connectivity index (χ0v) is 14.4. The maximum atomic E-state index is 13.0. The van der Waals surface area contributed by atoms with E-state index in [1.807, 2.05) is 24.3 Å². The number of amides is 3. The summed E-state index contributed by atoms with van der Waals surface area (Å²) in [5.41, 5.74) is 1.05. The number of nitro benzene ring substituents is 1. The molecule has 136 valence electrons. The van der Waals surface area contributed by atoms with E-state index in [0.29, 0.717) is 13.0 Å². The number of nitro groups is 1. The maximum Gasteiger partial charge on any atom is 0.282 e. The minimum Gasteiger partial charge on any atom is -0.310 e. The third-order valence-corrected chi connectivity index (χ3v) is 5.02. The van der Waals surface area contributed by atoms with Crippen LogP contribution in [0.15, 0.2) is 42.5 Å². The molecule has 0 aromatic heterocycles. The lowest BCUT2D eigenvalue weighted by Crippen LogP contribution is -2.49. The van der Waals surface area contributed by atoms with Gasteiger partial charge in [0, 0.05) is 18.3 Å². The fourth-order valence-electron chi connectivity index (χ4n) is 3.69. The molecule has 0 bridgehead atoms. The number of anilines is 1. The standard InChI is InChI=1S/C19H15N3O5/c1-11(17(23)20-10-9-12-5-2-3-7-14(12)20)21-18(24)13-6-4-8-15(22(26)27)16(13)19(21)25/h2-8,11H,9-10H2,1H3/t11-/m1/s1. The predicted molar refractivity (Wildman–Crippen MR) is 95.6 cm³/mol. The molecule has 8 heteroatoms. The van der Waals surface area contributed by atoms with E-state index in [1.54, 1.807) is 4.90 Å². The van der Waals surface area contributed by atoms with Gasteiger partial charge in [-0.15, -0.1) is 0 Å². The number of rotatable bonds is 3. The van der Waals surface area contributed by atoms with Crippen molar-refractivity contribution in [2.75, 3.05) is 11.4 Å². The Morgan fingerprint density at radius 3 is 2.59 bits per heavy atom. The van der Waals surface area contributed by atoms with E-state index in [0.717, 1.165) is 16.2 Å². The highest BCUT2D eigenvalue weighted by molar-refractivity contribution is 6.25. The van der Waals surface area contributed by atoms with Gasteiger partial charge in [-0.05, 0) is 31.0 Å². The average molecular weight is 365 g/mol. The smallest absolute Gasteiger partial charge is 0.282 e. The van der Waals surface area contributed by atoms with Crippen LogP contribution in [0.25, 0.3) is 0 Å². The van der Waals surface area contributed by atoms with Gasteiger partial charge in [-0.1, -0.05) is 24.3 Å². The van der Waals surface area contributed by atoms with Gasteiger partial charge in [-0.25, -0.2) is 0 Å². The molecule has 4 rings (SSSR count). The molecule has 0 aliphatic carbocycles.